The quantitative estimate of drug-likeness (QED) is 0.637. The second-order valence-electron chi connectivity index (χ2n) is 7.47. The number of hydrogen-bond acceptors (Lipinski definition) is 5. The standard InChI is InChI=1S/C20H24N4O3/c1-20(2,3)17-16(24-9-5-8-21-19(24)23-17)13-6-4-7-14(10-13)18(27)22-15(11-25)12-26/h4-10,15,25-26H,11-12H2,1-3H3,(H,22,27). The molecule has 3 aromatic rings. The normalized spacial score (nSPS) is 11.9. The summed E-state index contributed by atoms with van der Waals surface area (Å²) < 4.78 is 1.92. The van der Waals surface area contributed by atoms with Crippen LogP contribution in [-0.2, 0) is 5.41 Å². The van der Waals surface area contributed by atoms with Gasteiger partial charge in [0.1, 0.15) is 0 Å². The van der Waals surface area contributed by atoms with Crippen LogP contribution in [-0.4, -0.2) is 49.7 Å². The SMILES string of the molecule is CC(C)(C)c1nc2ncccn2c1-c1cccc(C(=O)NC(CO)CO)c1. The molecule has 0 spiro atoms. The van der Waals surface area contributed by atoms with Gasteiger partial charge in [0.25, 0.3) is 5.91 Å². The van der Waals surface area contributed by atoms with Crippen LogP contribution in [0.4, 0.5) is 0 Å². The van der Waals surface area contributed by atoms with Crippen LogP contribution >= 0.6 is 0 Å². The predicted molar refractivity (Wildman–Crippen MR) is 103 cm³/mol. The molecule has 0 aliphatic carbocycles. The topological polar surface area (TPSA) is 99.8 Å². The van der Waals surface area contributed by atoms with Gasteiger partial charge in [-0.25, -0.2) is 9.97 Å². The molecule has 3 N–H and O–H groups in total. The van der Waals surface area contributed by atoms with E-state index in [0.717, 1.165) is 17.0 Å². The summed E-state index contributed by atoms with van der Waals surface area (Å²) in [5.41, 5.74) is 2.86. The molecule has 0 fully saturated rings. The molecule has 2 heterocycles. The summed E-state index contributed by atoms with van der Waals surface area (Å²) >= 11 is 0. The molecular formula is C20H24N4O3. The minimum absolute atomic E-state index is 0.208. The van der Waals surface area contributed by atoms with Crippen LogP contribution in [0.2, 0.25) is 0 Å². The largest absolute Gasteiger partial charge is 0.394 e. The summed E-state index contributed by atoms with van der Waals surface area (Å²) in [4.78, 5) is 21.5. The summed E-state index contributed by atoms with van der Waals surface area (Å²) in [7, 11) is 0. The number of aromatic nitrogens is 3. The molecule has 3 rings (SSSR count). The van der Waals surface area contributed by atoms with Crippen LogP contribution in [0.5, 0.6) is 0 Å². The van der Waals surface area contributed by atoms with E-state index in [2.05, 4.69) is 31.1 Å². The average molecular weight is 368 g/mol. The number of rotatable bonds is 5. The zero-order valence-corrected chi connectivity index (χ0v) is 15.7. The number of nitrogens with one attached hydrogen (secondary N) is 1. The van der Waals surface area contributed by atoms with E-state index in [1.807, 2.05) is 22.7 Å². The summed E-state index contributed by atoms with van der Waals surface area (Å²) in [6.45, 7) is 5.61. The number of nitrogens with zero attached hydrogens (tertiary/aromatic N) is 3. The Morgan fingerprint density at radius 3 is 2.63 bits per heavy atom. The summed E-state index contributed by atoms with van der Waals surface area (Å²) in [5.74, 6) is 0.252. The van der Waals surface area contributed by atoms with Gasteiger partial charge in [-0.2, -0.15) is 0 Å². The van der Waals surface area contributed by atoms with E-state index in [4.69, 9.17) is 4.98 Å². The fraction of sp³-hybridized carbons (Fsp3) is 0.350. The van der Waals surface area contributed by atoms with E-state index in [9.17, 15) is 15.0 Å². The Balaban J connectivity index is 2.09. The fourth-order valence-electron chi connectivity index (χ4n) is 2.91. The summed E-state index contributed by atoms with van der Waals surface area (Å²) in [6, 6.07) is 8.37. The van der Waals surface area contributed by atoms with Gasteiger partial charge < -0.3 is 15.5 Å². The van der Waals surface area contributed by atoms with E-state index in [1.54, 1.807) is 24.4 Å². The Bertz CT molecular complexity index is 955. The van der Waals surface area contributed by atoms with E-state index in [-0.39, 0.29) is 24.5 Å². The van der Waals surface area contributed by atoms with Crippen molar-refractivity contribution in [2.24, 2.45) is 0 Å². The zero-order valence-electron chi connectivity index (χ0n) is 15.7. The van der Waals surface area contributed by atoms with Crippen LogP contribution in [0.3, 0.4) is 0 Å². The van der Waals surface area contributed by atoms with Crippen molar-refractivity contribution in [2.45, 2.75) is 32.2 Å². The van der Waals surface area contributed by atoms with Gasteiger partial charge in [0.15, 0.2) is 0 Å². The maximum Gasteiger partial charge on any atom is 0.251 e. The van der Waals surface area contributed by atoms with Crippen molar-refractivity contribution < 1.29 is 15.0 Å². The van der Waals surface area contributed by atoms with Gasteiger partial charge in [-0.1, -0.05) is 32.9 Å². The Labute approximate surface area is 157 Å². The van der Waals surface area contributed by atoms with Crippen molar-refractivity contribution in [1.82, 2.24) is 19.7 Å². The molecule has 0 unspecified atom stereocenters. The number of carbonyl (C=O) groups is 1. The summed E-state index contributed by atoms with van der Waals surface area (Å²) in [5, 5.41) is 21.0. The molecule has 27 heavy (non-hydrogen) atoms. The maximum absolute atomic E-state index is 12.5. The molecule has 0 saturated heterocycles. The Hall–Kier alpha value is -2.77. The lowest BCUT2D eigenvalue weighted by Gasteiger charge is -2.18. The molecule has 7 nitrogen and oxygen atoms in total. The number of benzene rings is 1. The van der Waals surface area contributed by atoms with Crippen molar-refractivity contribution in [3.05, 3.63) is 54.0 Å². The van der Waals surface area contributed by atoms with Crippen LogP contribution in [0.25, 0.3) is 17.0 Å². The number of amides is 1. The van der Waals surface area contributed by atoms with Gasteiger partial charge in [0.2, 0.25) is 5.78 Å². The van der Waals surface area contributed by atoms with Crippen LogP contribution in [0.15, 0.2) is 42.7 Å². The zero-order chi connectivity index (χ0) is 19.6. The van der Waals surface area contributed by atoms with Crippen molar-refractivity contribution in [2.75, 3.05) is 13.2 Å². The first-order valence-electron chi connectivity index (χ1n) is 8.81. The number of fused-ring (bicyclic) bond motifs is 1. The first-order chi connectivity index (χ1) is 12.8. The predicted octanol–water partition coefficient (Wildman–Crippen LogP) is 1.78. The molecule has 0 aliphatic rings. The number of aliphatic hydroxyl groups excluding tert-OH is 2. The minimum Gasteiger partial charge on any atom is -0.394 e. The van der Waals surface area contributed by atoms with E-state index < -0.39 is 6.04 Å². The number of hydrogen-bond donors (Lipinski definition) is 3. The third-order valence-corrected chi connectivity index (χ3v) is 4.29. The van der Waals surface area contributed by atoms with E-state index in [0.29, 0.717) is 11.3 Å². The van der Waals surface area contributed by atoms with Gasteiger partial charge in [-0.3, -0.25) is 9.20 Å². The van der Waals surface area contributed by atoms with E-state index >= 15 is 0 Å². The van der Waals surface area contributed by atoms with Crippen LogP contribution < -0.4 is 5.32 Å². The maximum atomic E-state index is 12.5. The van der Waals surface area contributed by atoms with Crippen molar-refractivity contribution >= 4 is 11.7 Å². The van der Waals surface area contributed by atoms with Gasteiger partial charge >= 0.3 is 0 Å². The molecule has 2 aromatic heterocycles. The molecule has 7 heteroatoms. The highest BCUT2D eigenvalue weighted by Crippen LogP contribution is 2.33. The van der Waals surface area contributed by atoms with Gasteiger partial charge in [0, 0.05) is 28.9 Å². The molecule has 0 saturated carbocycles. The Morgan fingerprint density at radius 1 is 1.22 bits per heavy atom. The van der Waals surface area contributed by atoms with Crippen molar-refractivity contribution in [1.29, 1.82) is 0 Å². The molecular weight excluding hydrogens is 344 g/mol. The Morgan fingerprint density at radius 2 is 1.96 bits per heavy atom. The molecule has 0 bridgehead atoms. The Kier molecular flexibility index (Phi) is 5.25. The molecule has 142 valence electrons. The lowest BCUT2D eigenvalue weighted by Crippen LogP contribution is -2.40. The second-order valence-corrected chi connectivity index (χ2v) is 7.47. The highest BCUT2D eigenvalue weighted by atomic mass is 16.3. The highest BCUT2D eigenvalue weighted by molar-refractivity contribution is 5.95. The van der Waals surface area contributed by atoms with Crippen LogP contribution in [0.1, 0.15) is 36.8 Å². The fourth-order valence-corrected chi connectivity index (χ4v) is 2.91. The lowest BCUT2D eigenvalue weighted by molar-refractivity contribution is 0.0879. The van der Waals surface area contributed by atoms with Gasteiger partial charge in [0.05, 0.1) is 30.6 Å². The van der Waals surface area contributed by atoms with E-state index in [1.165, 1.54) is 0 Å². The second kappa shape index (κ2) is 7.46. The molecule has 0 radical (unpaired) electrons. The van der Waals surface area contributed by atoms with Crippen LogP contribution in [0, 0.1) is 0 Å². The lowest BCUT2D eigenvalue weighted by atomic mass is 9.88. The van der Waals surface area contributed by atoms with Gasteiger partial charge in [-0.05, 0) is 18.2 Å². The van der Waals surface area contributed by atoms with Crippen molar-refractivity contribution in [3.63, 3.8) is 0 Å². The third-order valence-electron chi connectivity index (χ3n) is 4.29. The van der Waals surface area contributed by atoms with Gasteiger partial charge in [-0.15, -0.1) is 0 Å². The average Bonchev–Trinajstić information content (AvgIpc) is 3.06. The minimum atomic E-state index is -0.689. The number of imidazole rings is 1. The number of carbonyl (C=O) groups excluding carboxylic acids is 1. The highest BCUT2D eigenvalue weighted by Gasteiger charge is 2.25. The molecule has 1 amide bonds. The summed E-state index contributed by atoms with van der Waals surface area (Å²) in [6.07, 6.45) is 3.60. The molecule has 0 atom stereocenters. The van der Waals surface area contributed by atoms with Crippen molar-refractivity contribution in [3.8, 4) is 11.3 Å². The third kappa shape index (κ3) is 3.84. The monoisotopic (exact) mass is 368 g/mol. The molecule has 1 aromatic carbocycles. The first kappa shape index (κ1) is 19.0. The molecule has 0 aliphatic heterocycles. The number of aliphatic hydroxyl groups is 2. The first-order valence-corrected chi connectivity index (χ1v) is 8.81. The smallest absolute Gasteiger partial charge is 0.251 e.